The van der Waals surface area contributed by atoms with E-state index in [0.29, 0.717) is 30.3 Å². The Morgan fingerprint density at radius 2 is 1.52 bits per heavy atom. The molecule has 0 spiro atoms. The molecule has 3 nitrogen and oxygen atoms in total. The molecule has 2 aromatic carbocycles. The van der Waals surface area contributed by atoms with Crippen molar-refractivity contribution < 1.29 is 4.79 Å². The zero-order chi connectivity index (χ0) is 22.1. The minimum absolute atomic E-state index is 0.329. The van der Waals surface area contributed by atoms with E-state index in [2.05, 4.69) is 84.6 Å². The highest BCUT2D eigenvalue weighted by Crippen LogP contribution is 2.38. The molecule has 0 radical (unpaired) electrons. The Balaban J connectivity index is 1.54. The Bertz CT molecular complexity index is 766. The lowest BCUT2D eigenvalue weighted by atomic mass is 9.78. The second kappa shape index (κ2) is 12.0. The number of aryl methyl sites for hydroxylation is 1. The van der Waals surface area contributed by atoms with Gasteiger partial charge >= 0.3 is 0 Å². The van der Waals surface area contributed by atoms with Crippen LogP contribution in [0.1, 0.15) is 69.0 Å². The fourth-order valence-electron chi connectivity index (χ4n) is 5.34. The van der Waals surface area contributed by atoms with Crippen molar-refractivity contribution in [3.63, 3.8) is 0 Å². The molecular weight excluding hydrogens is 380 g/mol. The molecule has 0 heterocycles. The summed E-state index contributed by atoms with van der Waals surface area (Å²) in [5.74, 6) is 0.987. The van der Waals surface area contributed by atoms with Crippen LogP contribution in [0.2, 0.25) is 0 Å². The fraction of sp³-hybridized carbons (Fsp3) is 0.536. The Hall–Kier alpha value is -2.13. The van der Waals surface area contributed by atoms with Gasteiger partial charge in [0.15, 0.2) is 0 Å². The summed E-state index contributed by atoms with van der Waals surface area (Å²) in [6.45, 7) is 2.91. The van der Waals surface area contributed by atoms with Crippen molar-refractivity contribution in [1.82, 2.24) is 9.80 Å². The number of carbonyl (C=O) groups is 1. The Morgan fingerprint density at radius 3 is 2.10 bits per heavy atom. The zero-order valence-electron chi connectivity index (χ0n) is 19.7. The van der Waals surface area contributed by atoms with Crippen LogP contribution < -0.4 is 0 Å². The summed E-state index contributed by atoms with van der Waals surface area (Å²) in [7, 11) is 4.40. The third-order valence-electron chi connectivity index (χ3n) is 6.91. The largest absolute Gasteiger partial charge is 0.340 e. The van der Waals surface area contributed by atoms with Crippen molar-refractivity contribution in [1.29, 1.82) is 0 Å². The molecule has 1 unspecified atom stereocenters. The van der Waals surface area contributed by atoms with E-state index in [4.69, 9.17) is 0 Å². The highest BCUT2D eigenvalue weighted by atomic mass is 16.2. The molecule has 0 saturated heterocycles. The standard InChI is InChI=1S/C28H40N2O/c1-4-27(31)30(22-12-11-15-23-13-7-5-8-14-23)26-20-18-25(19-21-26)28(29(2)3)24-16-9-6-10-17-24/h5-10,13-14,16-17,25-26,28H,4,11-12,15,18-22H2,1-3H3. The predicted molar refractivity (Wildman–Crippen MR) is 130 cm³/mol. The van der Waals surface area contributed by atoms with Gasteiger partial charge in [-0.25, -0.2) is 0 Å². The SMILES string of the molecule is CCC(=O)N(CCCCc1ccccc1)C1CCC(C(c2ccccc2)N(C)C)CC1. The van der Waals surface area contributed by atoms with Crippen LogP contribution in [0.4, 0.5) is 0 Å². The van der Waals surface area contributed by atoms with Crippen LogP contribution >= 0.6 is 0 Å². The molecule has 1 atom stereocenters. The molecule has 168 valence electrons. The summed E-state index contributed by atoms with van der Waals surface area (Å²) in [4.78, 5) is 17.3. The van der Waals surface area contributed by atoms with Crippen LogP contribution in [0.25, 0.3) is 0 Å². The van der Waals surface area contributed by atoms with E-state index in [9.17, 15) is 4.79 Å². The van der Waals surface area contributed by atoms with Crippen LogP contribution in [0.15, 0.2) is 60.7 Å². The maximum absolute atomic E-state index is 12.7. The minimum atomic E-state index is 0.329. The molecule has 1 aliphatic rings. The minimum Gasteiger partial charge on any atom is -0.340 e. The number of hydrogen-bond acceptors (Lipinski definition) is 2. The van der Waals surface area contributed by atoms with Crippen molar-refractivity contribution in [2.24, 2.45) is 5.92 Å². The summed E-state index contributed by atoms with van der Waals surface area (Å²) in [6.07, 6.45) is 8.60. The van der Waals surface area contributed by atoms with E-state index in [1.165, 1.54) is 24.0 Å². The maximum Gasteiger partial charge on any atom is 0.222 e. The quantitative estimate of drug-likeness (QED) is 0.433. The molecular formula is C28H40N2O. The smallest absolute Gasteiger partial charge is 0.222 e. The molecule has 3 rings (SSSR count). The first-order valence-corrected chi connectivity index (χ1v) is 12.1. The number of nitrogens with zero attached hydrogens (tertiary/aromatic N) is 2. The van der Waals surface area contributed by atoms with Gasteiger partial charge in [-0.1, -0.05) is 67.6 Å². The summed E-state index contributed by atoms with van der Waals surface area (Å²) >= 11 is 0. The average Bonchev–Trinajstić information content (AvgIpc) is 2.80. The topological polar surface area (TPSA) is 23.6 Å². The van der Waals surface area contributed by atoms with Gasteiger partial charge in [-0.15, -0.1) is 0 Å². The van der Waals surface area contributed by atoms with Crippen molar-refractivity contribution >= 4 is 5.91 Å². The van der Waals surface area contributed by atoms with Crippen molar-refractivity contribution in [3.05, 3.63) is 71.8 Å². The Kier molecular flexibility index (Phi) is 9.14. The molecule has 0 aromatic heterocycles. The summed E-state index contributed by atoms with van der Waals surface area (Å²) in [5, 5.41) is 0. The van der Waals surface area contributed by atoms with Crippen molar-refractivity contribution in [3.8, 4) is 0 Å². The van der Waals surface area contributed by atoms with E-state index in [1.54, 1.807) is 0 Å². The summed E-state index contributed by atoms with van der Waals surface area (Å²) < 4.78 is 0. The number of amides is 1. The Labute approximate surface area is 189 Å². The van der Waals surface area contributed by atoms with Gasteiger partial charge in [0.2, 0.25) is 5.91 Å². The maximum atomic E-state index is 12.7. The first-order chi connectivity index (χ1) is 15.1. The van der Waals surface area contributed by atoms with E-state index in [-0.39, 0.29) is 0 Å². The van der Waals surface area contributed by atoms with E-state index < -0.39 is 0 Å². The van der Waals surface area contributed by atoms with Crippen LogP contribution in [0.5, 0.6) is 0 Å². The van der Waals surface area contributed by atoms with Gasteiger partial charge in [0.25, 0.3) is 0 Å². The molecule has 1 amide bonds. The van der Waals surface area contributed by atoms with E-state index in [0.717, 1.165) is 38.6 Å². The first kappa shape index (κ1) is 23.5. The fourth-order valence-corrected chi connectivity index (χ4v) is 5.34. The number of benzene rings is 2. The molecule has 2 aromatic rings. The van der Waals surface area contributed by atoms with Crippen LogP contribution in [-0.2, 0) is 11.2 Å². The average molecular weight is 421 g/mol. The van der Waals surface area contributed by atoms with Crippen molar-refractivity contribution in [2.75, 3.05) is 20.6 Å². The van der Waals surface area contributed by atoms with Crippen LogP contribution in [0, 0.1) is 5.92 Å². The van der Waals surface area contributed by atoms with Gasteiger partial charge in [-0.05, 0) is 76.1 Å². The molecule has 1 saturated carbocycles. The highest BCUT2D eigenvalue weighted by Gasteiger charge is 2.33. The molecule has 3 heteroatoms. The van der Waals surface area contributed by atoms with E-state index in [1.807, 2.05) is 6.92 Å². The molecule has 31 heavy (non-hydrogen) atoms. The second-order valence-electron chi connectivity index (χ2n) is 9.27. The second-order valence-corrected chi connectivity index (χ2v) is 9.27. The van der Waals surface area contributed by atoms with Crippen molar-refractivity contribution in [2.45, 2.75) is 70.4 Å². The number of carbonyl (C=O) groups excluding carboxylic acids is 1. The molecule has 0 aliphatic heterocycles. The number of unbranched alkanes of at least 4 members (excludes halogenated alkanes) is 1. The summed E-state index contributed by atoms with van der Waals surface area (Å²) in [6, 6.07) is 22.5. The third kappa shape index (κ3) is 6.67. The lowest BCUT2D eigenvalue weighted by Gasteiger charge is -2.41. The molecule has 0 N–H and O–H groups in total. The lowest BCUT2D eigenvalue weighted by molar-refractivity contribution is -0.134. The number of rotatable bonds is 10. The van der Waals surface area contributed by atoms with Gasteiger partial charge in [0.1, 0.15) is 0 Å². The molecule has 0 bridgehead atoms. The Morgan fingerprint density at radius 1 is 0.903 bits per heavy atom. The van der Waals surface area contributed by atoms with Crippen LogP contribution in [-0.4, -0.2) is 42.4 Å². The van der Waals surface area contributed by atoms with Gasteiger partial charge < -0.3 is 9.80 Å². The number of hydrogen-bond donors (Lipinski definition) is 0. The molecule has 1 aliphatic carbocycles. The highest BCUT2D eigenvalue weighted by molar-refractivity contribution is 5.76. The predicted octanol–water partition coefficient (Wildman–Crippen LogP) is 6.11. The van der Waals surface area contributed by atoms with Gasteiger partial charge in [-0.3, -0.25) is 4.79 Å². The van der Waals surface area contributed by atoms with Gasteiger partial charge in [0, 0.05) is 25.0 Å². The van der Waals surface area contributed by atoms with Gasteiger partial charge in [-0.2, -0.15) is 0 Å². The van der Waals surface area contributed by atoms with E-state index >= 15 is 0 Å². The van der Waals surface area contributed by atoms with Gasteiger partial charge in [0.05, 0.1) is 0 Å². The third-order valence-corrected chi connectivity index (χ3v) is 6.91. The normalized spacial score (nSPS) is 19.9. The first-order valence-electron chi connectivity index (χ1n) is 12.1. The lowest BCUT2D eigenvalue weighted by Crippen LogP contribution is -2.44. The monoisotopic (exact) mass is 420 g/mol. The summed E-state index contributed by atoms with van der Waals surface area (Å²) in [5.41, 5.74) is 2.81. The zero-order valence-corrected chi connectivity index (χ0v) is 19.7. The van der Waals surface area contributed by atoms with Crippen LogP contribution in [0.3, 0.4) is 0 Å². The molecule has 1 fully saturated rings.